The molecule has 2 nitrogen and oxygen atoms in total. The topological polar surface area (TPSA) is 38.0 Å². The van der Waals surface area contributed by atoms with Crippen LogP contribution in [0, 0.1) is 5.82 Å². The zero-order valence-electron chi connectivity index (χ0n) is 8.89. The third kappa shape index (κ3) is 3.00. The fourth-order valence-corrected chi connectivity index (χ4v) is 1.26. The van der Waals surface area contributed by atoms with E-state index in [2.05, 4.69) is 26.1 Å². The number of halogens is 1. The van der Waals surface area contributed by atoms with Crippen LogP contribution < -0.4 is 11.1 Å². The number of hydrogen-bond donors (Lipinski definition) is 2. The molecule has 0 radical (unpaired) electrons. The summed E-state index contributed by atoms with van der Waals surface area (Å²) in [4.78, 5) is 0. The van der Waals surface area contributed by atoms with Gasteiger partial charge in [-0.25, -0.2) is 4.39 Å². The summed E-state index contributed by atoms with van der Waals surface area (Å²) in [6.45, 7) is 6.50. The number of rotatable bonds is 2. The van der Waals surface area contributed by atoms with Crippen molar-refractivity contribution < 1.29 is 4.39 Å². The van der Waals surface area contributed by atoms with Crippen molar-refractivity contribution >= 4 is 5.69 Å². The van der Waals surface area contributed by atoms with Crippen LogP contribution in [0.25, 0.3) is 0 Å². The summed E-state index contributed by atoms with van der Waals surface area (Å²) >= 11 is 0. The van der Waals surface area contributed by atoms with Gasteiger partial charge in [0.25, 0.3) is 0 Å². The van der Waals surface area contributed by atoms with Crippen molar-refractivity contribution in [2.45, 2.75) is 32.9 Å². The molecule has 1 aromatic rings. The quantitative estimate of drug-likeness (QED) is 0.762. The second-order valence-corrected chi connectivity index (χ2v) is 4.38. The number of benzene rings is 1. The predicted molar refractivity (Wildman–Crippen MR) is 57.7 cm³/mol. The Morgan fingerprint density at radius 3 is 2.50 bits per heavy atom. The lowest BCUT2D eigenvalue weighted by molar-refractivity contribution is 0.619. The average Bonchev–Trinajstić information content (AvgIpc) is 2.06. The minimum atomic E-state index is -0.245. The minimum absolute atomic E-state index is 0.0399. The van der Waals surface area contributed by atoms with E-state index >= 15 is 0 Å². The molecule has 0 spiro atoms. The second-order valence-electron chi connectivity index (χ2n) is 4.38. The molecule has 0 amide bonds. The van der Waals surface area contributed by atoms with Gasteiger partial charge in [0.05, 0.1) is 0 Å². The molecule has 0 aromatic heterocycles. The molecule has 1 aromatic carbocycles. The highest BCUT2D eigenvalue weighted by Gasteiger charge is 2.11. The van der Waals surface area contributed by atoms with Gasteiger partial charge in [0.2, 0.25) is 0 Å². The van der Waals surface area contributed by atoms with Crippen molar-refractivity contribution in [1.82, 2.24) is 0 Å². The highest BCUT2D eigenvalue weighted by atomic mass is 19.1. The first-order valence-electron chi connectivity index (χ1n) is 4.69. The van der Waals surface area contributed by atoms with Gasteiger partial charge in [-0.2, -0.15) is 0 Å². The molecule has 0 saturated carbocycles. The number of anilines is 1. The highest BCUT2D eigenvalue weighted by molar-refractivity contribution is 5.52. The van der Waals surface area contributed by atoms with Gasteiger partial charge in [0.15, 0.2) is 0 Å². The third-order valence-electron chi connectivity index (χ3n) is 1.80. The maximum atomic E-state index is 12.9. The molecule has 0 heterocycles. The van der Waals surface area contributed by atoms with Crippen LogP contribution in [0.15, 0.2) is 18.2 Å². The van der Waals surface area contributed by atoms with E-state index in [1.165, 1.54) is 12.1 Å². The maximum absolute atomic E-state index is 12.9. The van der Waals surface area contributed by atoms with Gasteiger partial charge < -0.3 is 11.1 Å². The normalized spacial score (nSPS) is 11.5. The molecule has 0 unspecified atom stereocenters. The van der Waals surface area contributed by atoms with E-state index in [-0.39, 0.29) is 11.4 Å². The van der Waals surface area contributed by atoms with Crippen molar-refractivity contribution in [3.05, 3.63) is 29.6 Å². The smallest absolute Gasteiger partial charge is 0.123 e. The number of nitrogens with one attached hydrogen (secondary N) is 1. The molecule has 0 fully saturated rings. The Balaban J connectivity index is 2.97. The van der Waals surface area contributed by atoms with Crippen LogP contribution in [0.3, 0.4) is 0 Å². The van der Waals surface area contributed by atoms with Crippen molar-refractivity contribution in [3.63, 3.8) is 0 Å². The Labute approximate surface area is 84.3 Å². The Morgan fingerprint density at radius 2 is 2.00 bits per heavy atom. The number of hydrogen-bond acceptors (Lipinski definition) is 2. The van der Waals surface area contributed by atoms with E-state index in [4.69, 9.17) is 5.73 Å². The monoisotopic (exact) mass is 196 g/mol. The first kappa shape index (κ1) is 11.0. The molecule has 0 atom stereocenters. The van der Waals surface area contributed by atoms with E-state index < -0.39 is 0 Å². The molecule has 0 bridgehead atoms. The molecule has 0 aliphatic heterocycles. The predicted octanol–water partition coefficient (Wildman–Crippen LogP) is 2.49. The van der Waals surface area contributed by atoms with Gasteiger partial charge >= 0.3 is 0 Å². The van der Waals surface area contributed by atoms with Crippen molar-refractivity contribution in [3.8, 4) is 0 Å². The summed E-state index contributed by atoms with van der Waals surface area (Å²) < 4.78 is 12.9. The standard InChI is InChI=1S/C11H17FN2/c1-11(2,3)14-10-5-4-9(12)6-8(10)7-13/h4-6,14H,7,13H2,1-3H3. The fourth-order valence-electron chi connectivity index (χ4n) is 1.26. The number of nitrogens with two attached hydrogens (primary N) is 1. The molecular weight excluding hydrogens is 179 g/mol. The Hall–Kier alpha value is -1.09. The van der Waals surface area contributed by atoms with Gasteiger partial charge in [-0.15, -0.1) is 0 Å². The third-order valence-corrected chi connectivity index (χ3v) is 1.80. The maximum Gasteiger partial charge on any atom is 0.123 e. The van der Waals surface area contributed by atoms with E-state index in [1.807, 2.05) is 0 Å². The van der Waals surface area contributed by atoms with Gasteiger partial charge in [0, 0.05) is 17.8 Å². The molecule has 78 valence electrons. The van der Waals surface area contributed by atoms with Gasteiger partial charge in [-0.1, -0.05) is 0 Å². The van der Waals surface area contributed by atoms with E-state index in [0.717, 1.165) is 11.3 Å². The van der Waals surface area contributed by atoms with E-state index in [1.54, 1.807) is 6.07 Å². The zero-order chi connectivity index (χ0) is 10.8. The summed E-state index contributed by atoms with van der Waals surface area (Å²) in [6.07, 6.45) is 0. The largest absolute Gasteiger partial charge is 0.380 e. The molecule has 1 rings (SSSR count). The van der Waals surface area contributed by atoms with Gasteiger partial charge in [-0.3, -0.25) is 0 Å². The van der Waals surface area contributed by atoms with E-state index in [0.29, 0.717) is 6.54 Å². The molecule has 3 heteroatoms. The molecular formula is C11H17FN2. The summed E-state index contributed by atoms with van der Waals surface area (Å²) in [6, 6.07) is 4.63. The zero-order valence-corrected chi connectivity index (χ0v) is 8.89. The SMILES string of the molecule is CC(C)(C)Nc1ccc(F)cc1CN. The Bertz CT molecular complexity index is 316. The van der Waals surface area contributed by atoms with E-state index in [9.17, 15) is 4.39 Å². The van der Waals surface area contributed by atoms with Crippen LogP contribution in [-0.4, -0.2) is 5.54 Å². The highest BCUT2D eigenvalue weighted by Crippen LogP contribution is 2.20. The van der Waals surface area contributed by atoms with Crippen LogP contribution in [0.4, 0.5) is 10.1 Å². The molecule has 0 aliphatic rings. The van der Waals surface area contributed by atoms with Crippen LogP contribution >= 0.6 is 0 Å². The van der Waals surface area contributed by atoms with Crippen molar-refractivity contribution in [1.29, 1.82) is 0 Å². The van der Waals surface area contributed by atoms with Crippen LogP contribution in [-0.2, 0) is 6.54 Å². The fraction of sp³-hybridized carbons (Fsp3) is 0.455. The lowest BCUT2D eigenvalue weighted by atomic mass is 10.1. The van der Waals surface area contributed by atoms with Gasteiger partial charge in [0.1, 0.15) is 5.82 Å². The molecule has 3 N–H and O–H groups in total. The second kappa shape index (κ2) is 3.96. The first-order chi connectivity index (χ1) is 6.42. The van der Waals surface area contributed by atoms with Crippen LogP contribution in [0.5, 0.6) is 0 Å². The van der Waals surface area contributed by atoms with Crippen molar-refractivity contribution in [2.75, 3.05) is 5.32 Å². The lowest BCUT2D eigenvalue weighted by Crippen LogP contribution is -2.27. The summed E-state index contributed by atoms with van der Waals surface area (Å²) in [5.41, 5.74) is 7.20. The summed E-state index contributed by atoms with van der Waals surface area (Å²) in [5.74, 6) is -0.245. The first-order valence-corrected chi connectivity index (χ1v) is 4.69. The van der Waals surface area contributed by atoms with Crippen molar-refractivity contribution in [2.24, 2.45) is 5.73 Å². The van der Waals surface area contributed by atoms with Crippen LogP contribution in [0.1, 0.15) is 26.3 Å². The van der Waals surface area contributed by atoms with Gasteiger partial charge in [-0.05, 0) is 44.5 Å². The average molecular weight is 196 g/mol. The molecule has 0 aliphatic carbocycles. The summed E-state index contributed by atoms with van der Waals surface area (Å²) in [5, 5.41) is 3.28. The minimum Gasteiger partial charge on any atom is -0.380 e. The Kier molecular flexibility index (Phi) is 3.11. The van der Waals surface area contributed by atoms with Crippen LogP contribution in [0.2, 0.25) is 0 Å². The molecule has 14 heavy (non-hydrogen) atoms. The molecule has 0 saturated heterocycles. The lowest BCUT2D eigenvalue weighted by Gasteiger charge is -2.23. The summed E-state index contributed by atoms with van der Waals surface area (Å²) in [7, 11) is 0. The Morgan fingerprint density at radius 1 is 1.36 bits per heavy atom.